The van der Waals surface area contributed by atoms with Crippen molar-refractivity contribution in [3.8, 4) is 16.9 Å². The SMILES string of the molecule is COc1cc(C#CS(C)(C)C)cc(Cl)c1C1C(=O)C2CCC(C2)C1=O. The molecule has 2 bridgehead atoms. The van der Waals surface area contributed by atoms with Crippen LogP contribution in [0.2, 0.25) is 5.02 Å². The van der Waals surface area contributed by atoms with Gasteiger partial charge in [0.2, 0.25) is 0 Å². The fourth-order valence-corrected chi connectivity index (χ4v) is 4.46. The molecule has 1 aromatic rings. The Morgan fingerprint density at radius 1 is 1.12 bits per heavy atom. The van der Waals surface area contributed by atoms with E-state index in [0.29, 0.717) is 22.8 Å². The number of Topliss-reactive ketones (excluding diaryl/α,β-unsaturated/α-hetero) is 2. The molecule has 0 aliphatic heterocycles. The number of carbonyl (C=O) groups is 2. The fraction of sp³-hybridized carbons (Fsp3) is 0.500. The highest BCUT2D eigenvalue weighted by Gasteiger charge is 2.48. The molecule has 3 rings (SSSR count). The molecule has 0 amide bonds. The summed E-state index contributed by atoms with van der Waals surface area (Å²) in [5, 5.41) is 3.63. The Labute approximate surface area is 155 Å². The molecule has 3 nitrogen and oxygen atoms in total. The van der Waals surface area contributed by atoms with Gasteiger partial charge >= 0.3 is 0 Å². The number of carbonyl (C=O) groups excluding carboxylic acids is 2. The zero-order valence-corrected chi connectivity index (χ0v) is 16.6. The van der Waals surface area contributed by atoms with Gasteiger partial charge < -0.3 is 4.74 Å². The maximum atomic E-state index is 12.8. The van der Waals surface area contributed by atoms with Crippen molar-refractivity contribution >= 4 is 33.2 Å². The number of hydrogen-bond donors (Lipinski definition) is 0. The van der Waals surface area contributed by atoms with Crippen LogP contribution in [0.15, 0.2) is 12.1 Å². The molecule has 2 fully saturated rings. The first kappa shape index (κ1) is 18.4. The summed E-state index contributed by atoms with van der Waals surface area (Å²) < 4.78 is 5.49. The van der Waals surface area contributed by atoms with Crippen molar-refractivity contribution in [3.05, 3.63) is 28.3 Å². The van der Waals surface area contributed by atoms with E-state index in [4.69, 9.17) is 16.3 Å². The second-order valence-corrected chi connectivity index (χ2v) is 11.9. The summed E-state index contributed by atoms with van der Waals surface area (Å²) in [4.78, 5) is 25.6. The molecule has 0 heterocycles. The van der Waals surface area contributed by atoms with E-state index < -0.39 is 15.9 Å². The third kappa shape index (κ3) is 3.59. The minimum absolute atomic E-state index is 0.00285. The van der Waals surface area contributed by atoms with Crippen molar-refractivity contribution in [3.63, 3.8) is 0 Å². The van der Waals surface area contributed by atoms with Crippen LogP contribution in [0.4, 0.5) is 0 Å². The highest BCUT2D eigenvalue weighted by atomic mass is 35.5. The number of ketones is 2. The molecule has 0 spiro atoms. The molecule has 2 atom stereocenters. The summed E-state index contributed by atoms with van der Waals surface area (Å²) in [7, 11) is 0.573. The van der Waals surface area contributed by atoms with Crippen LogP contribution < -0.4 is 4.74 Å². The summed E-state index contributed by atoms with van der Waals surface area (Å²) in [6, 6.07) is 3.53. The van der Waals surface area contributed by atoms with E-state index in [0.717, 1.165) is 18.4 Å². The molecule has 1 aromatic carbocycles. The van der Waals surface area contributed by atoms with Crippen LogP contribution in [0.25, 0.3) is 0 Å². The van der Waals surface area contributed by atoms with Gasteiger partial charge in [0.25, 0.3) is 0 Å². The fourth-order valence-electron chi connectivity index (χ4n) is 3.72. The predicted octanol–water partition coefficient (Wildman–Crippen LogP) is 4.00. The summed E-state index contributed by atoms with van der Waals surface area (Å²) in [6.07, 6.45) is 8.66. The number of fused-ring (bicyclic) bond motifs is 2. The highest BCUT2D eigenvalue weighted by molar-refractivity contribution is 8.35. The molecule has 134 valence electrons. The van der Waals surface area contributed by atoms with Crippen LogP contribution in [0.3, 0.4) is 0 Å². The molecule has 0 aromatic heterocycles. The number of halogens is 1. The van der Waals surface area contributed by atoms with E-state index in [-0.39, 0.29) is 23.4 Å². The van der Waals surface area contributed by atoms with Crippen LogP contribution in [-0.4, -0.2) is 37.4 Å². The average molecular weight is 379 g/mol. The lowest BCUT2D eigenvalue weighted by Gasteiger charge is -2.27. The molecule has 2 aliphatic rings. The number of hydrogen-bond acceptors (Lipinski definition) is 3. The van der Waals surface area contributed by atoms with Gasteiger partial charge in [0, 0.05) is 28.0 Å². The van der Waals surface area contributed by atoms with Crippen molar-refractivity contribution in [2.45, 2.75) is 25.2 Å². The zero-order chi connectivity index (χ0) is 18.4. The second-order valence-electron chi connectivity index (χ2n) is 7.58. The van der Waals surface area contributed by atoms with Gasteiger partial charge in [-0.1, -0.05) is 17.5 Å². The molecule has 0 saturated heterocycles. The van der Waals surface area contributed by atoms with Gasteiger partial charge in [0.1, 0.15) is 11.7 Å². The van der Waals surface area contributed by atoms with Gasteiger partial charge in [-0.3, -0.25) is 9.59 Å². The minimum atomic E-state index is -0.962. The lowest BCUT2D eigenvalue weighted by Crippen LogP contribution is -2.35. The van der Waals surface area contributed by atoms with Crippen molar-refractivity contribution in [1.82, 2.24) is 0 Å². The third-order valence-electron chi connectivity index (χ3n) is 4.91. The lowest BCUT2D eigenvalue weighted by molar-refractivity contribution is -0.136. The topological polar surface area (TPSA) is 43.4 Å². The van der Waals surface area contributed by atoms with Gasteiger partial charge in [-0.2, -0.15) is 10.0 Å². The van der Waals surface area contributed by atoms with Gasteiger partial charge in [-0.05, 0) is 55.4 Å². The normalized spacial score (nSPS) is 26.2. The summed E-state index contributed by atoms with van der Waals surface area (Å²) in [5.74, 6) is 2.79. The molecule has 0 radical (unpaired) electrons. The van der Waals surface area contributed by atoms with Gasteiger partial charge in [0.05, 0.1) is 7.11 Å². The molecular formula is C20H23ClO3S. The second kappa shape index (κ2) is 6.70. The Morgan fingerprint density at radius 3 is 2.24 bits per heavy atom. The third-order valence-corrected chi connectivity index (χ3v) is 5.94. The monoisotopic (exact) mass is 378 g/mol. The molecule has 0 N–H and O–H groups in total. The largest absolute Gasteiger partial charge is 0.496 e. The maximum Gasteiger partial charge on any atom is 0.151 e. The molecule has 25 heavy (non-hydrogen) atoms. The maximum absolute atomic E-state index is 12.8. The van der Waals surface area contributed by atoms with E-state index in [9.17, 15) is 9.59 Å². The first-order chi connectivity index (χ1) is 11.7. The number of ether oxygens (including phenoxy) is 1. The molecular weight excluding hydrogens is 356 g/mol. The van der Waals surface area contributed by atoms with Crippen LogP contribution in [0.5, 0.6) is 5.75 Å². The number of methoxy groups -OCH3 is 1. The Bertz CT molecular complexity index is 776. The van der Waals surface area contributed by atoms with E-state index in [1.165, 1.54) is 7.11 Å². The quantitative estimate of drug-likeness (QED) is 0.577. The van der Waals surface area contributed by atoms with Gasteiger partial charge in [-0.15, -0.1) is 0 Å². The predicted molar refractivity (Wildman–Crippen MR) is 104 cm³/mol. The Morgan fingerprint density at radius 2 is 1.72 bits per heavy atom. The molecule has 2 unspecified atom stereocenters. The number of benzene rings is 1. The van der Waals surface area contributed by atoms with Crippen molar-refractivity contribution < 1.29 is 14.3 Å². The smallest absolute Gasteiger partial charge is 0.151 e. The van der Waals surface area contributed by atoms with Crippen molar-refractivity contribution in [1.29, 1.82) is 0 Å². The van der Waals surface area contributed by atoms with E-state index in [2.05, 4.69) is 29.9 Å². The standard InChI is InChI=1S/C20H23ClO3S/c1-24-16-10-12(7-8-25(2,3)4)9-15(21)17(16)18-19(22)13-5-6-14(11-13)20(18)23/h9-10,13-14,18H,5-6,11H2,1-4H3. The average Bonchev–Trinajstić information content (AvgIpc) is 2.99. The van der Waals surface area contributed by atoms with E-state index in [1.807, 2.05) is 0 Å². The summed E-state index contributed by atoms with van der Waals surface area (Å²) in [5.41, 5.74) is 1.26. The first-order valence-electron chi connectivity index (χ1n) is 8.37. The van der Waals surface area contributed by atoms with Crippen LogP contribution in [-0.2, 0) is 9.59 Å². The summed E-state index contributed by atoms with van der Waals surface area (Å²) in [6.45, 7) is 0. The first-order valence-corrected chi connectivity index (χ1v) is 11.6. The van der Waals surface area contributed by atoms with Crippen LogP contribution in [0.1, 0.15) is 36.3 Å². The van der Waals surface area contributed by atoms with Crippen LogP contribution in [0, 0.1) is 23.0 Å². The summed E-state index contributed by atoms with van der Waals surface area (Å²) >= 11 is 6.50. The van der Waals surface area contributed by atoms with Crippen molar-refractivity contribution in [2.75, 3.05) is 25.9 Å². The Balaban J connectivity index is 2.06. The lowest BCUT2D eigenvalue weighted by atomic mass is 9.75. The minimum Gasteiger partial charge on any atom is -0.496 e. The van der Waals surface area contributed by atoms with Crippen LogP contribution >= 0.6 is 21.6 Å². The number of rotatable bonds is 2. The van der Waals surface area contributed by atoms with Crippen molar-refractivity contribution in [2.24, 2.45) is 11.8 Å². The Hall–Kier alpha value is -1.44. The Kier molecular flexibility index (Phi) is 4.92. The van der Waals surface area contributed by atoms with Gasteiger partial charge in [-0.25, -0.2) is 0 Å². The van der Waals surface area contributed by atoms with E-state index >= 15 is 0 Å². The molecule has 2 saturated carbocycles. The van der Waals surface area contributed by atoms with Gasteiger partial charge in [0.15, 0.2) is 11.6 Å². The molecule has 2 aliphatic carbocycles. The van der Waals surface area contributed by atoms with E-state index in [1.54, 1.807) is 12.1 Å². The highest BCUT2D eigenvalue weighted by Crippen LogP contribution is 2.47. The zero-order valence-electron chi connectivity index (χ0n) is 15.0. The molecule has 5 heteroatoms.